The van der Waals surface area contributed by atoms with Crippen molar-refractivity contribution in [3.8, 4) is 0 Å². The first-order chi connectivity index (χ1) is 10.3. The summed E-state index contributed by atoms with van der Waals surface area (Å²) in [6, 6.07) is 1.12. The predicted octanol–water partition coefficient (Wildman–Crippen LogP) is 3.47. The summed E-state index contributed by atoms with van der Waals surface area (Å²) < 4.78 is 0. The van der Waals surface area contributed by atoms with Crippen LogP contribution in [0.15, 0.2) is 0 Å². The molecule has 2 fully saturated rings. The Morgan fingerprint density at radius 1 is 0.783 bits per heavy atom. The molecule has 2 rings (SSSR count). The van der Waals surface area contributed by atoms with E-state index in [1.54, 1.807) is 7.11 Å². The minimum absolute atomic E-state index is 0.0477. The first-order valence-electron chi connectivity index (χ1n) is 9.16. The van der Waals surface area contributed by atoms with Crippen molar-refractivity contribution >= 4 is 0 Å². The zero-order valence-corrected chi connectivity index (χ0v) is 16.8. The Balaban J connectivity index is 2.09. The quantitative estimate of drug-likeness (QED) is 0.833. The average molecular weight is 326 g/mol. The molecule has 2 heterocycles. The molecule has 0 aliphatic carbocycles. The average Bonchev–Trinajstić information content (AvgIpc) is 2.20. The van der Waals surface area contributed by atoms with E-state index in [-0.39, 0.29) is 22.2 Å². The minimum atomic E-state index is 0.0477. The number of hydroxylamine groups is 2. The molecule has 23 heavy (non-hydrogen) atoms. The third-order valence-electron chi connectivity index (χ3n) is 5.44. The van der Waals surface area contributed by atoms with E-state index in [2.05, 4.69) is 71.1 Å². The second-order valence-electron chi connectivity index (χ2n) is 10.4. The second kappa shape index (κ2) is 5.98. The summed E-state index contributed by atoms with van der Waals surface area (Å²) in [5.74, 6) is 0. The lowest BCUT2D eigenvalue weighted by Crippen LogP contribution is -2.66. The first-order valence-corrected chi connectivity index (χ1v) is 9.16. The summed E-state index contributed by atoms with van der Waals surface area (Å²) in [6.07, 6.45) is 4.60. The Morgan fingerprint density at radius 3 is 1.57 bits per heavy atom. The van der Waals surface area contributed by atoms with Crippen LogP contribution >= 0.6 is 0 Å². The molecule has 2 saturated heterocycles. The van der Waals surface area contributed by atoms with Gasteiger partial charge in [-0.3, -0.25) is 0 Å². The van der Waals surface area contributed by atoms with E-state index in [1.165, 1.54) is 12.8 Å². The molecule has 4 nitrogen and oxygen atoms in total. The van der Waals surface area contributed by atoms with Gasteiger partial charge >= 0.3 is 0 Å². The molecule has 0 radical (unpaired) electrons. The van der Waals surface area contributed by atoms with E-state index in [9.17, 15) is 0 Å². The monoisotopic (exact) mass is 325 g/mol. The van der Waals surface area contributed by atoms with Crippen molar-refractivity contribution < 1.29 is 4.84 Å². The highest BCUT2D eigenvalue weighted by Gasteiger charge is 2.47. The molecular formula is C19H39N3O. The molecule has 0 unspecified atom stereocenters. The van der Waals surface area contributed by atoms with Crippen molar-refractivity contribution in [2.45, 2.75) is 115 Å². The van der Waals surface area contributed by atoms with Gasteiger partial charge in [-0.05, 0) is 81.1 Å². The van der Waals surface area contributed by atoms with Gasteiger partial charge in [0.25, 0.3) is 0 Å². The summed E-state index contributed by atoms with van der Waals surface area (Å²) in [7, 11) is 1.80. The van der Waals surface area contributed by atoms with Crippen LogP contribution in [0.5, 0.6) is 0 Å². The van der Waals surface area contributed by atoms with Gasteiger partial charge < -0.3 is 15.5 Å². The lowest BCUT2D eigenvalue weighted by atomic mass is 9.76. The molecule has 0 aromatic carbocycles. The summed E-state index contributed by atoms with van der Waals surface area (Å²) in [4.78, 5) is 5.72. The van der Waals surface area contributed by atoms with Crippen LogP contribution in [0.25, 0.3) is 0 Å². The summed E-state index contributed by atoms with van der Waals surface area (Å²) in [5, 5.41) is 9.97. The van der Waals surface area contributed by atoms with E-state index in [0.717, 1.165) is 12.8 Å². The highest BCUT2D eigenvalue weighted by Crippen LogP contribution is 2.39. The van der Waals surface area contributed by atoms with Gasteiger partial charge in [-0.15, -0.1) is 0 Å². The maximum atomic E-state index is 5.72. The van der Waals surface area contributed by atoms with E-state index in [1.807, 2.05) is 0 Å². The van der Waals surface area contributed by atoms with Crippen molar-refractivity contribution in [3.63, 3.8) is 0 Å². The molecule has 2 aliphatic heterocycles. The Kier molecular flexibility index (Phi) is 4.98. The number of hydrogen-bond donors (Lipinski definition) is 2. The Morgan fingerprint density at radius 2 is 1.17 bits per heavy atom. The molecule has 0 aromatic rings. The highest BCUT2D eigenvalue weighted by atomic mass is 16.7. The van der Waals surface area contributed by atoms with E-state index in [0.29, 0.717) is 12.1 Å². The minimum Gasteiger partial charge on any atom is -0.311 e. The predicted molar refractivity (Wildman–Crippen MR) is 97.5 cm³/mol. The molecule has 0 aromatic heterocycles. The van der Waals surface area contributed by atoms with Gasteiger partial charge in [0.15, 0.2) is 0 Å². The molecular weight excluding hydrogens is 286 g/mol. The van der Waals surface area contributed by atoms with Crippen LogP contribution in [0, 0.1) is 0 Å². The fourth-order valence-electron chi connectivity index (χ4n) is 5.65. The third kappa shape index (κ3) is 4.47. The smallest absolute Gasteiger partial charge is 0.0575 e. The van der Waals surface area contributed by atoms with Crippen LogP contribution in [-0.2, 0) is 4.84 Å². The third-order valence-corrected chi connectivity index (χ3v) is 5.44. The first kappa shape index (κ1) is 19.2. The Hall–Kier alpha value is -0.160. The Bertz CT molecular complexity index is 394. The molecule has 4 heteroatoms. The lowest BCUT2D eigenvalue weighted by Gasteiger charge is -2.55. The van der Waals surface area contributed by atoms with Gasteiger partial charge in [0.05, 0.1) is 7.11 Å². The molecule has 0 bridgehead atoms. The summed E-state index contributed by atoms with van der Waals surface area (Å²) in [6.45, 7) is 18.5. The van der Waals surface area contributed by atoms with Gasteiger partial charge in [-0.1, -0.05) is 0 Å². The van der Waals surface area contributed by atoms with Crippen molar-refractivity contribution in [1.29, 1.82) is 0 Å². The van der Waals surface area contributed by atoms with Gasteiger partial charge in [0.2, 0.25) is 0 Å². The van der Waals surface area contributed by atoms with Crippen molar-refractivity contribution in [3.05, 3.63) is 0 Å². The molecule has 0 amide bonds. The SMILES string of the molecule is CON1C(C)(C)CC(NC2CC(C)(C)NC(C)(C)C2)CC1(C)C. The number of piperidine rings is 2. The maximum Gasteiger partial charge on any atom is 0.0575 e. The molecule has 0 spiro atoms. The summed E-state index contributed by atoms with van der Waals surface area (Å²) in [5.41, 5.74) is 0.480. The topological polar surface area (TPSA) is 36.5 Å². The van der Waals surface area contributed by atoms with Crippen LogP contribution < -0.4 is 10.6 Å². The van der Waals surface area contributed by atoms with Crippen LogP contribution in [0.4, 0.5) is 0 Å². The second-order valence-corrected chi connectivity index (χ2v) is 10.4. The van der Waals surface area contributed by atoms with Crippen LogP contribution in [0.1, 0.15) is 81.1 Å². The van der Waals surface area contributed by atoms with Gasteiger partial charge in [-0.2, -0.15) is 5.06 Å². The largest absolute Gasteiger partial charge is 0.311 e. The molecule has 2 aliphatic rings. The molecule has 0 atom stereocenters. The zero-order chi connectivity index (χ0) is 17.7. The number of rotatable bonds is 3. The standard InChI is InChI=1S/C19H39N3O/c1-16(2)10-14(11-17(3,4)21-16)20-15-12-18(5,6)22(23-9)19(7,8)13-15/h14-15,20-21H,10-13H2,1-9H3. The molecule has 2 N–H and O–H groups in total. The van der Waals surface area contributed by atoms with Crippen molar-refractivity contribution in [2.24, 2.45) is 0 Å². The fraction of sp³-hybridized carbons (Fsp3) is 1.00. The van der Waals surface area contributed by atoms with E-state index in [4.69, 9.17) is 4.84 Å². The normalized spacial score (nSPS) is 31.2. The van der Waals surface area contributed by atoms with Crippen LogP contribution in [0.2, 0.25) is 0 Å². The number of nitrogens with one attached hydrogen (secondary N) is 2. The van der Waals surface area contributed by atoms with Crippen LogP contribution in [-0.4, -0.2) is 46.4 Å². The van der Waals surface area contributed by atoms with Gasteiger partial charge in [0, 0.05) is 34.2 Å². The fourth-order valence-corrected chi connectivity index (χ4v) is 5.65. The number of nitrogens with zero attached hydrogens (tertiary/aromatic N) is 1. The van der Waals surface area contributed by atoms with Gasteiger partial charge in [-0.25, -0.2) is 0 Å². The number of hydrogen-bond acceptors (Lipinski definition) is 4. The van der Waals surface area contributed by atoms with E-state index < -0.39 is 0 Å². The molecule has 0 saturated carbocycles. The maximum absolute atomic E-state index is 5.72. The zero-order valence-electron chi connectivity index (χ0n) is 16.8. The molecule has 136 valence electrons. The van der Waals surface area contributed by atoms with Crippen LogP contribution in [0.3, 0.4) is 0 Å². The lowest BCUT2D eigenvalue weighted by molar-refractivity contribution is -0.267. The highest BCUT2D eigenvalue weighted by molar-refractivity contribution is 5.04. The van der Waals surface area contributed by atoms with Crippen molar-refractivity contribution in [2.75, 3.05) is 7.11 Å². The van der Waals surface area contributed by atoms with Crippen molar-refractivity contribution in [1.82, 2.24) is 15.7 Å². The van der Waals surface area contributed by atoms with Gasteiger partial charge in [0.1, 0.15) is 0 Å². The summed E-state index contributed by atoms with van der Waals surface area (Å²) >= 11 is 0. The Labute approximate surface area is 143 Å². The van der Waals surface area contributed by atoms with E-state index >= 15 is 0 Å².